The molecule has 0 radical (unpaired) electrons. The molecule has 0 amide bonds. The molecule has 0 atom stereocenters. The van der Waals surface area contributed by atoms with E-state index < -0.39 is 0 Å². The fraction of sp³-hybridized carbons (Fsp3) is 0.353. The van der Waals surface area contributed by atoms with Crippen LogP contribution in [0.25, 0.3) is 0 Å². The SMILES string of the molecule is C=N/C(=C\C=C/C)COc1ccc(N(C)C(C)C)cc1Cl. The van der Waals surface area contributed by atoms with Gasteiger partial charge in [0.15, 0.2) is 0 Å². The van der Waals surface area contributed by atoms with E-state index in [9.17, 15) is 0 Å². The number of hydrogen-bond acceptors (Lipinski definition) is 3. The third kappa shape index (κ3) is 5.27. The number of halogens is 1. The van der Waals surface area contributed by atoms with Crippen molar-refractivity contribution in [2.45, 2.75) is 26.8 Å². The maximum atomic E-state index is 6.28. The average Bonchev–Trinajstić information content (AvgIpc) is 2.47. The predicted octanol–water partition coefficient (Wildman–Crippen LogP) is 4.72. The third-order valence-electron chi connectivity index (χ3n) is 3.16. The first kappa shape index (κ1) is 17.3. The first-order valence-corrected chi connectivity index (χ1v) is 7.31. The van der Waals surface area contributed by atoms with Crippen molar-refractivity contribution >= 4 is 24.0 Å². The summed E-state index contributed by atoms with van der Waals surface area (Å²) in [5, 5.41) is 0.592. The van der Waals surface area contributed by atoms with Gasteiger partial charge in [0.2, 0.25) is 0 Å². The molecule has 0 aromatic heterocycles. The number of ether oxygens (including phenoxy) is 1. The van der Waals surface area contributed by atoms with Gasteiger partial charge in [0.25, 0.3) is 0 Å². The molecule has 3 nitrogen and oxygen atoms in total. The van der Waals surface area contributed by atoms with E-state index >= 15 is 0 Å². The van der Waals surface area contributed by atoms with Gasteiger partial charge in [0.05, 0.1) is 10.7 Å². The number of benzene rings is 1. The lowest BCUT2D eigenvalue weighted by Gasteiger charge is -2.24. The van der Waals surface area contributed by atoms with Crippen LogP contribution < -0.4 is 9.64 Å². The normalized spacial score (nSPS) is 12.0. The van der Waals surface area contributed by atoms with Gasteiger partial charge in [0.1, 0.15) is 12.4 Å². The first-order chi connectivity index (χ1) is 9.99. The quantitative estimate of drug-likeness (QED) is 0.537. The Balaban J connectivity index is 2.79. The standard InChI is InChI=1S/C17H23ClN2O/c1-6-7-8-14(19-4)12-21-17-10-9-15(11-16(17)18)20(5)13(2)3/h6-11,13H,4,12H2,1-3,5H3/b7-6-,14-8-. The molecule has 114 valence electrons. The summed E-state index contributed by atoms with van der Waals surface area (Å²) in [6.45, 7) is 10.1. The second-order valence-corrected chi connectivity index (χ2v) is 5.36. The van der Waals surface area contributed by atoms with Crippen LogP contribution in [0.5, 0.6) is 5.75 Å². The van der Waals surface area contributed by atoms with E-state index in [1.807, 2.05) is 50.4 Å². The monoisotopic (exact) mass is 306 g/mol. The molecule has 0 saturated carbocycles. The van der Waals surface area contributed by atoms with Crippen LogP contribution in [0.15, 0.2) is 47.1 Å². The zero-order valence-corrected chi connectivity index (χ0v) is 13.9. The van der Waals surface area contributed by atoms with Crippen LogP contribution in [0.2, 0.25) is 5.02 Å². The smallest absolute Gasteiger partial charge is 0.138 e. The second kappa shape index (κ2) is 8.53. The maximum Gasteiger partial charge on any atom is 0.138 e. The van der Waals surface area contributed by atoms with E-state index in [0.29, 0.717) is 23.4 Å². The van der Waals surface area contributed by atoms with Gasteiger partial charge in [-0.25, -0.2) is 0 Å². The van der Waals surface area contributed by atoms with Crippen molar-refractivity contribution in [1.29, 1.82) is 0 Å². The number of rotatable bonds is 7. The number of aliphatic imine (C=N–C) groups is 1. The molecule has 0 spiro atoms. The third-order valence-corrected chi connectivity index (χ3v) is 3.45. The summed E-state index contributed by atoms with van der Waals surface area (Å²) >= 11 is 6.28. The lowest BCUT2D eigenvalue weighted by atomic mass is 10.2. The molecule has 4 heteroatoms. The zero-order valence-electron chi connectivity index (χ0n) is 13.1. The molecule has 21 heavy (non-hydrogen) atoms. The minimum atomic E-state index is 0.340. The molecule has 0 saturated heterocycles. The highest BCUT2D eigenvalue weighted by Crippen LogP contribution is 2.30. The molecule has 0 heterocycles. The Morgan fingerprint density at radius 3 is 2.71 bits per heavy atom. The Morgan fingerprint density at radius 2 is 2.19 bits per heavy atom. The fourth-order valence-corrected chi connectivity index (χ4v) is 1.86. The van der Waals surface area contributed by atoms with Crippen LogP contribution in [0.1, 0.15) is 20.8 Å². The molecule has 1 aromatic rings. The highest BCUT2D eigenvalue weighted by Gasteiger charge is 2.09. The van der Waals surface area contributed by atoms with Crippen LogP contribution in [-0.4, -0.2) is 26.4 Å². The van der Waals surface area contributed by atoms with Crippen molar-refractivity contribution in [3.63, 3.8) is 0 Å². The number of allylic oxidation sites excluding steroid dienone is 3. The van der Waals surface area contributed by atoms with Crippen molar-refractivity contribution < 1.29 is 4.74 Å². The minimum absolute atomic E-state index is 0.340. The van der Waals surface area contributed by atoms with Crippen molar-refractivity contribution in [2.75, 3.05) is 18.6 Å². The number of nitrogens with zero attached hydrogens (tertiary/aromatic N) is 2. The predicted molar refractivity (Wildman–Crippen MR) is 92.9 cm³/mol. The zero-order chi connectivity index (χ0) is 15.8. The second-order valence-electron chi connectivity index (χ2n) is 4.95. The van der Waals surface area contributed by atoms with Crippen molar-refractivity contribution in [1.82, 2.24) is 0 Å². The highest BCUT2D eigenvalue weighted by molar-refractivity contribution is 6.32. The van der Waals surface area contributed by atoms with E-state index in [1.165, 1.54) is 0 Å². The van der Waals surface area contributed by atoms with Crippen LogP contribution in [-0.2, 0) is 0 Å². The molecule has 0 aliphatic carbocycles. The van der Waals surface area contributed by atoms with E-state index in [4.69, 9.17) is 16.3 Å². The summed E-state index contributed by atoms with van der Waals surface area (Å²) in [5.74, 6) is 0.646. The Kier molecular flexibility index (Phi) is 7.03. The van der Waals surface area contributed by atoms with Gasteiger partial charge >= 0.3 is 0 Å². The molecular formula is C17H23ClN2O. The number of anilines is 1. The molecular weight excluding hydrogens is 284 g/mol. The van der Waals surface area contributed by atoms with Gasteiger partial charge in [-0.15, -0.1) is 0 Å². The van der Waals surface area contributed by atoms with E-state index in [0.717, 1.165) is 11.4 Å². The topological polar surface area (TPSA) is 24.8 Å². The fourth-order valence-electron chi connectivity index (χ4n) is 1.63. The van der Waals surface area contributed by atoms with E-state index in [1.54, 1.807) is 0 Å². The van der Waals surface area contributed by atoms with Gasteiger partial charge in [0, 0.05) is 18.8 Å². The average molecular weight is 307 g/mol. The first-order valence-electron chi connectivity index (χ1n) is 6.93. The summed E-state index contributed by atoms with van der Waals surface area (Å²) in [6.07, 6.45) is 5.69. The molecule has 0 aliphatic heterocycles. The summed E-state index contributed by atoms with van der Waals surface area (Å²) < 4.78 is 5.70. The molecule has 1 rings (SSSR count). The molecule has 0 bridgehead atoms. The Hall–Kier alpha value is -1.74. The van der Waals surface area contributed by atoms with Gasteiger partial charge in [-0.05, 0) is 51.8 Å². The minimum Gasteiger partial charge on any atom is -0.486 e. The highest BCUT2D eigenvalue weighted by atomic mass is 35.5. The van der Waals surface area contributed by atoms with Crippen LogP contribution in [0.3, 0.4) is 0 Å². The maximum absolute atomic E-state index is 6.28. The molecule has 0 unspecified atom stereocenters. The van der Waals surface area contributed by atoms with Crippen molar-refractivity contribution in [3.05, 3.63) is 47.1 Å². The van der Waals surface area contributed by atoms with Crippen LogP contribution in [0.4, 0.5) is 5.69 Å². The molecule has 1 aromatic carbocycles. The van der Waals surface area contributed by atoms with Gasteiger partial charge < -0.3 is 9.64 Å². The van der Waals surface area contributed by atoms with Gasteiger partial charge in [-0.1, -0.05) is 23.8 Å². The molecule has 0 N–H and O–H groups in total. The Labute approximate surface area is 132 Å². The van der Waals surface area contributed by atoms with E-state index in [2.05, 4.69) is 30.5 Å². The Morgan fingerprint density at radius 1 is 1.48 bits per heavy atom. The summed E-state index contributed by atoms with van der Waals surface area (Å²) in [7, 11) is 2.04. The van der Waals surface area contributed by atoms with Crippen molar-refractivity contribution in [2.24, 2.45) is 4.99 Å². The molecule has 0 aliphatic rings. The lowest BCUT2D eigenvalue weighted by Crippen LogP contribution is -2.25. The molecule has 0 fully saturated rings. The largest absolute Gasteiger partial charge is 0.486 e. The van der Waals surface area contributed by atoms with Crippen molar-refractivity contribution in [3.8, 4) is 5.75 Å². The lowest BCUT2D eigenvalue weighted by molar-refractivity contribution is 0.351. The summed E-state index contributed by atoms with van der Waals surface area (Å²) in [5.41, 5.74) is 1.82. The summed E-state index contributed by atoms with van der Waals surface area (Å²) in [4.78, 5) is 6.07. The number of hydrogen-bond donors (Lipinski definition) is 0. The Bertz CT molecular complexity index is 536. The summed E-state index contributed by atoms with van der Waals surface area (Å²) in [6, 6.07) is 6.20. The van der Waals surface area contributed by atoms with Crippen LogP contribution in [0, 0.1) is 0 Å². The van der Waals surface area contributed by atoms with Gasteiger partial charge in [-0.3, -0.25) is 4.99 Å². The van der Waals surface area contributed by atoms with Crippen LogP contribution >= 0.6 is 11.6 Å². The van der Waals surface area contributed by atoms with E-state index in [-0.39, 0.29) is 0 Å². The van der Waals surface area contributed by atoms with Gasteiger partial charge in [-0.2, -0.15) is 0 Å².